The molecule has 0 bridgehead atoms. The number of aromatic amines is 1. The first-order chi connectivity index (χ1) is 12.7. The second-order valence-electron chi connectivity index (χ2n) is 6.36. The fourth-order valence-corrected chi connectivity index (χ4v) is 3.29. The van der Waals surface area contributed by atoms with E-state index in [0.29, 0.717) is 5.69 Å². The molecule has 3 aromatic carbocycles. The summed E-state index contributed by atoms with van der Waals surface area (Å²) in [5.74, 6) is 6.25. The van der Waals surface area contributed by atoms with Gasteiger partial charge >= 0.3 is 0 Å². The monoisotopic (exact) mass is 337 g/mol. The first-order valence-corrected chi connectivity index (χ1v) is 8.62. The van der Waals surface area contributed by atoms with Gasteiger partial charge in [0.1, 0.15) is 0 Å². The zero-order chi connectivity index (χ0) is 18.0. The molecule has 1 atom stereocenters. The molecule has 1 aromatic heterocycles. The van der Waals surface area contributed by atoms with E-state index in [2.05, 4.69) is 22.9 Å². The normalized spacial score (nSPS) is 13.0. The minimum absolute atomic E-state index is 0.716. The molecule has 2 nitrogen and oxygen atoms in total. The molecule has 26 heavy (non-hydrogen) atoms. The van der Waals surface area contributed by atoms with E-state index in [1.54, 1.807) is 0 Å². The molecule has 0 saturated heterocycles. The van der Waals surface area contributed by atoms with Gasteiger partial charge in [0.05, 0.1) is 5.69 Å². The van der Waals surface area contributed by atoms with E-state index in [0.717, 1.165) is 27.6 Å². The van der Waals surface area contributed by atoms with Gasteiger partial charge in [-0.05, 0) is 30.7 Å². The molecule has 0 aliphatic rings. The van der Waals surface area contributed by atoms with Crippen LogP contribution in [0.4, 0.5) is 0 Å². The van der Waals surface area contributed by atoms with Crippen LogP contribution in [0.25, 0.3) is 10.9 Å². The minimum Gasteiger partial charge on any atom is -0.368 e. The smallest absolute Gasteiger partial charge is 0.192 e. The van der Waals surface area contributed by atoms with E-state index < -0.39 is 5.60 Å². The predicted molar refractivity (Wildman–Crippen MR) is 106 cm³/mol. The van der Waals surface area contributed by atoms with Crippen molar-refractivity contribution in [1.82, 2.24) is 4.98 Å². The molecule has 4 aromatic rings. The highest BCUT2D eigenvalue weighted by Gasteiger charge is 2.33. The lowest BCUT2D eigenvalue weighted by Crippen LogP contribution is -2.26. The lowest BCUT2D eigenvalue weighted by Gasteiger charge is -2.23. The largest absolute Gasteiger partial charge is 0.368 e. The highest BCUT2D eigenvalue weighted by atomic mass is 16.3. The lowest BCUT2D eigenvalue weighted by atomic mass is 9.88. The molecular formula is C24H19NO. The van der Waals surface area contributed by atoms with Gasteiger partial charge < -0.3 is 10.1 Å². The molecule has 2 heteroatoms. The molecule has 0 aliphatic carbocycles. The van der Waals surface area contributed by atoms with Crippen LogP contribution >= 0.6 is 0 Å². The predicted octanol–water partition coefficient (Wildman–Crippen LogP) is 4.76. The zero-order valence-electron chi connectivity index (χ0n) is 14.5. The van der Waals surface area contributed by atoms with E-state index in [1.165, 1.54) is 0 Å². The van der Waals surface area contributed by atoms with Gasteiger partial charge in [-0.1, -0.05) is 78.6 Å². The van der Waals surface area contributed by atoms with Crippen molar-refractivity contribution in [3.05, 3.63) is 107 Å². The maximum atomic E-state index is 11.7. The van der Waals surface area contributed by atoms with E-state index >= 15 is 0 Å². The number of H-pyrrole nitrogens is 1. The number of hydrogen-bond acceptors (Lipinski definition) is 1. The van der Waals surface area contributed by atoms with Crippen molar-refractivity contribution >= 4 is 10.9 Å². The molecule has 1 heterocycles. The number of fused-ring (bicyclic) bond motifs is 1. The number of hydrogen-bond donors (Lipinski definition) is 2. The third kappa shape index (κ3) is 2.79. The van der Waals surface area contributed by atoms with E-state index in [9.17, 15) is 5.11 Å². The number of nitrogens with one attached hydrogen (secondary N) is 1. The molecule has 126 valence electrons. The Kier molecular flexibility index (Phi) is 4.08. The van der Waals surface area contributed by atoms with Gasteiger partial charge in [-0.15, -0.1) is 0 Å². The van der Waals surface area contributed by atoms with Gasteiger partial charge in [-0.3, -0.25) is 0 Å². The number of aliphatic hydroxyl groups is 1. The lowest BCUT2D eigenvalue weighted by molar-refractivity contribution is 0.140. The average molecular weight is 337 g/mol. The maximum absolute atomic E-state index is 11.7. The number of benzene rings is 3. The summed E-state index contributed by atoms with van der Waals surface area (Å²) in [5.41, 5.74) is 2.92. The Bertz CT molecular complexity index is 1100. The van der Waals surface area contributed by atoms with Crippen LogP contribution in [0.5, 0.6) is 0 Å². The molecule has 1 unspecified atom stereocenters. The summed E-state index contributed by atoms with van der Waals surface area (Å²) in [6.07, 6.45) is 0. The Balaban J connectivity index is 1.94. The first-order valence-electron chi connectivity index (χ1n) is 8.62. The quantitative estimate of drug-likeness (QED) is 0.508. The fraction of sp³-hybridized carbons (Fsp3) is 0.0833. The van der Waals surface area contributed by atoms with Crippen LogP contribution in [-0.2, 0) is 5.60 Å². The third-order valence-electron chi connectivity index (χ3n) is 4.68. The molecule has 0 spiro atoms. The second-order valence-corrected chi connectivity index (χ2v) is 6.36. The van der Waals surface area contributed by atoms with Crippen molar-refractivity contribution < 1.29 is 5.11 Å². The summed E-state index contributed by atoms with van der Waals surface area (Å²) in [6, 6.07) is 27.4. The van der Waals surface area contributed by atoms with Crippen LogP contribution in [0.1, 0.15) is 22.4 Å². The highest BCUT2D eigenvalue weighted by Crippen LogP contribution is 2.34. The Morgan fingerprint density at radius 3 is 2.12 bits per heavy atom. The molecule has 0 saturated carbocycles. The Labute approximate surface area is 153 Å². The number of para-hydroxylation sites is 1. The van der Waals surface area contributed by atoms with Crippen molar-refractivity contribution in [3.63, 3.8) is 0 Å². The van der Waals surface area contributed by atoms with Gasteiger partial charge in [-0.25, -0.2) is 0 Å². The number of aromatic nitrogens is 1. The first kappa shape index (κ1) is 16.2. The van der Waals surface area contributed by atoms with Crippen molar-refractivity contribution in [3.8, 4) is 11.8 Å². The van der Waals surface area contributed by atoms with E-state index in [4.69, 9.17) is 0 Å². The molecule has 2 N–H and O–H groups in total. The van der Waals surface area contributed by atoms with Crippen molar-refractivity contribution in [2.24, 2.45) is 0 Å². The van der Waals surface area contributed by atoms with Crippen LogP contribution in [-0.4, -0.2) is 10.1 Å². The van der Waals surface area contributed by atoms with Gasteiger partial charge in [0, 0.05) is 22.0 Å². The summed E-state index contributed by atoms with van der Waals surface area (Å²) in [4.78, 5) is 3.39. The number of rotatable bonds is 2. The Morgan fingerprint density at radius 1 is 0.808 bits per heavy atom. The van der Waals surface area contributed by atoms with Gasteiger partial charge in [0.15, 0.2) is 5.60 Å². The van der Waals surface area contributed by atoms with E-state index in [1.807, 2.05) is 85.8 Å². The second kappa shape index (κ2) is 6.55. The summed E-state index contributed by atoms with van der Waals surface area (Å²) >= 11 is 0. The summed E-state index contributed by atoms with van der Waals surface area (Å²) < 4.78 is 0. The van der Waals surface area contributed by atoms with Crippen LogP contribution in [0.15, 0.2) is 84.9 Å². The summed E-state index contributed by atoms with van der Waals surface area (Å²) in [5, 5.41) is 12.8. The topological polar surface area (TPSA) is 36.0 Å². The zero-order valence-corrected chi connectivity index (χ0v) is 14.5. The molecule has 0 fully saturated rings. The minimum atomic E-state index is -1.42. The standard InChI is InChI=1S/C24H19NO/c1-18-21-14-8-9-15-22(21)25-23(18)24(26,20-12-6-3-7-13-20)17-16-19-10-4-2-5-11-19/h2-15,25-26H,1H3. The molecule has 0 radical (unpaired) electrons. The van der Waals surface area contributed by atoms with Crippen molar-refractivity contribution in [1.29, 1.82) is 0 Å². The van der Waals surface area contributed by atoms with Gasteiger partial charge in [-0.2, -0.15) is 0 Å². The third-order valence-corrected chi connectivity index (χ3v) is 4.68. The fourth-order valence-electron chi connectivity index (χ4n) is 3.29. The maximum Gasteiger partial charge on any atom is 0.192 e. The molecular weight excluding hydrogens is 318 g/mol. The number of aryl methyl sites for hydroxylation is 1. The average Bonchev–Trinajstić information content (AvgIpc) is 3.05. The SMILES string of the molecule is Cc1c(C(O)(C#Cc2ccccc2)c2ccccc2)[nH]c2ccccc12. The van der Waals surface area contributed by atoms with Crippen LogP contribution in [0, 0.1) is 18.8 Å². The molecule has 0 aliphatic heterocycles. The molecule has 4 rings (SSSR count). The Morgan fingerprint density at radius 2 is 1.42 bits per heavy atom. The van der Waals surface area contributed by atoms with Crippen molar-refractivity contribution in [2.45, 2.75) is 12.5 Å². The van der Waals surface area contributed by atoms with Crippen LogP contribution in [0.3, 0.4) is 0 Å². The van der Waals surface area contributed by atoms with Gasteiger partial charge in [0.25, 0.3) is 0 Å². The Hall–Kier alpha value is -3.28. The summed E-state index contributed by atoms with van der Waals surface area (Å²) in [6.45, 7) is 2.02. The van der Waals surface area contributed by atoms with E-state index in [-0.39, 0.29) is 0 Å². The van der Waals surface area contributed by atoms with Gasteiger partial charge in [0.2, 0.25) is 0 Å². The summed E-state index contributed by atoms with van der Waals surface area (Å²) in [7, 11) is 0. The van der Waals surface area contributed by atoms with Crippen LogP contribution < -0.4 is 0 Å². The molecule has 0 amide bonds. The van der Waals surface area contributed by atoms with Crippen LogP contribution in [0.2, 0.25) is 0 Å². The highest BCUT2D eigenvalue weighted by molar-refractivity contribution is 5.85. The van der Waals surface area contributed by atoms with Crippen molar-refractivity contribution in [2.75, 3.05) is 0 Å².